The number of aromatic nitrogens is 2. The zero-order chi connectivity index (χ0) is 20.2. The minimum absolute atomic E-state index is 0.196. The van der Waals surface area contributed by atoms with Crippen LogP contribution in [0.15, 0.2) is 67.0 Å². The van der Waals surface area contributed by atoms with Crippen LogP contribution < -0.4 is 16.0 Å². The molecule has 4 rings (SSSR count). The highest BCUT2D eigenvalue weighted by Crippen LogP contribution is 2.34. The van der Waals surface area contributed by atoms with Crippen molar-refractivity contribution in [3.63, 3.8) is 0 Å². The number of hydrogen-bond acceptors (Lipinski definition) is 5. The Bertz CT molecular complexity index is 806. The lowest BCUT2D eigenvalue weighted by molar-refractivity contribution is 0.793. The minimum atomic E-state index is 0.196. The van der Waals surface area contributed by atoms with Crippen LogP contribution in [0.1, 0.15) is 44.9 Å². The molecule has 0 bridgehead atoms. The van der Waals surface area contributed by atoms with Gasteiger partial charge in [0, 0.05) is 13.1 Å². The Morgan fingerprint density at radius 2 is 1.54 bits per heavy atom. The van der Waals surface area contributed by atoms with Gasteiger partial charge in [-0.25, -0.2) is 9.97 Å². The second kappa shape index (κ2) is 11.6. The number of nitrogens with one attached hydrogen (secondary N) is 3. The average molecular weight is 378 g/mol. The van der Waals surface area contributed by atoms with Crippen LogP contribution in [0.3, 0.4) is 0 Å². The first kappa shape index (κ1) is 21.2. The first-order chi connectivity index (χ1) is 13.9. The molecule has 2 aromatic carbocycles. The van der Waals surface area contributed by atoms with Crippen molar-refractivity contribution in [2.75, 3.05) is 22.5 Å². The lowest BCUT2D eigenvalue weighted by atomic mass is 10.1. The molecule has 3 N–H and O–H groups in total. The lowest BCUT2D eigenvalue weighted by Gasteiger charge is -2.29. The molecule has 5 heteroatoms. The van der Waals surface area contributed by atoms with Gasteiger partial charge in [0.25, 0.3) is 0 Å². The highest BCUT2D eigenvalue weighted by Gasteiger charge is 2.22. The molecule has 28 heavy (non-hydrogen) atoms. The van der Waals surface area contributed by atoms with Gasteiger partial charge in [-0.1, -0.05) is 88.4 Å². The van der Waals surface area contributed by atoms with Gasteiger partial charge in [0.1, 0.15) is 12.0 Å². The standard InChI is InChI=1S/C19H19N5.2C2H6/c1-3-7-14(8-4-1)11-20-18-17-19(23-13-22-18)21-12-16(24-17)15-9-5-2-6-10-15;2*1-2/h1-10,13,16,24H,11-12H2,(H2,20,21,22,23);2*1-2H3. The van der Waals surface area contributed by atoms with Crippen molar-refractivity contribution in [1.29, 1.82) is 0 Å². The van der Waals surface area contributed by atoms with E-state index in [1.165, 1.54) is 11.1 Å². The summed E-state index contributed by atoms with van der Waals surface area (Å²) in [5.74, 6) is 1.66. The molecule has 0 spiro atoms. The van der Waals surface area contributed by atoms with E-state index in [0.29, 0.717) is 0 Å². The Balaban J connectivity index is 0.000000660. The topological polar surface area (TPSA) is 61.9 Å². The third-order valence-corrected chi connectivity index (χ3v) is 4.14. The summed E-state index contributed by atoms with van der Waals surface area (Å²) in [5.41, 5.74) is 3.38. The van der Waals surface area contributed by atoms with Crippen molar-refractivity contribution >= 4 is 17.3 Å². The number of benzene rings is 2. The lowest BCUT2D eigenvalue weighted by Crippen LogP contribution is -2.27. The molecule has 0 amide bonds. The van der Waals surface area contributed by atoms with Crippen molar-refractivity contribution in [1.82, 2.24) is 9.97 Å². The number of nitrogens with zero attached hydrogens (tertiary/aromatic N) is 2. The smallest absolute Gasteiger partial charge is 0.155 e. The summed E-state index contributed by atoms with van der Waals surface area (Å²) in [5, 5.41) is 10.4. The first-order valence-corrected chi connectivity index (χ1v) is 10.1. The van der Waals surface area contributed by atoms with Gasteiger partial charge in [-0.15, -0.1) is 0 Å². The van der Waals surface area contributed by atoms with Crippen LogP contribution in [0.4, 0.5) is 17.3 Å². The van der Waals surface area contributed by atoms with Gasteiger partial charge >= 0.3 is 0 Å². The van der Waals surface area contributed by atoms with Crippen LogP contribution in [-0.2, 0) is 6.54 Å². The summed E-state index contributed by atoms with van der Waals surface area (Å²) >= 11 is 0. The van der Waals surface area contributed by atoms with E-state index in [9.17, 15) is 0 Å². The summed E-state index contributed by atoms with van der Waals surface area (Å²) in [6.07, 6.45) is 1.59. The Labute approximate surface area is 168 Å². The van der Waals surface area contributed by atoms with E-state index in [1.54, 1.807) is 6.33 Å². The molecular formula is C23H31N5. The number of anilines is 3. The summed E-state index contributed by atoms with van der Waals surface area (Å²) in [6, 6.07) is 20.9. The molecule has 0 saturated heterocycles. The molecule has 0 radical (unpaired) electrons. The van der Waals surface area contributed by atoms with Gasteiger partial charge in [-0.2, -0.15) is 0 Å². The Hall–Kier alpha value is -3.08. The Morgan fingerprint density at radius 3 is 2.21 bits per heavy atom. The van der Waals surface area contributed by atoms with Crippen molar-refractivity contribution < 1.29 is 0 Å². The van der Waals surface area contributed by atoms with E-state index >= 15 is 0 Å². The van der Waals surface area contributed by atoms with Gasteiger partial charge in [-0.3, -0.25) is 0 Å². The van der Waals surface area contributed by atoms with E-state index in [4.69, 9.17) is 0 Å². The highest BCUT2D eigenvalue weighted by molar-refractivity contribution is 5.79. The average Bonchev–Trinajstić information content (AvgIpc) is 2.81. The second-order valence-electron chi connectivity index (χ2n) is 5.77. The van der Waals surface area contributed by atoms with Gasteiger partial charge < -0.3 is 16.0 Å². The zero-order valence-electron chi connectivity index (χ0n) is 17.2. The van der Waals surface area contributed by atoms with E-state index in [2.05, 4.69) is 62.3 Å². The fraction of sp³-hybridized carbons (Fsp3) is 0.304. The van der Waals surface area contributed by atoms with E-state index < -0.39 is 0 Å². The summed E-state index contributed by atoms with van der Waals surface area (Å²) in [6.45, 7) is 9.52. The summed E-state index contributed by atoms with van der Waals surface area (Å²) in [4.78, 5) is 8.75. The molecular weight excluding hydrogens is 346 g/mol. The van der Waals surface area contributed by atoms with Crippen LogP contribution in [0.25, 0.3) is 0 Å². The van der Waals surface area contributed by atoms with Crippen LogP contribution in [-0.4, -0.2) is 16.5 Å². The van der Waals surface area contributed by atoms with E-state index in [0.717, 1.165) is 30.4 Å². The van der Waals surface area contributed by atoms with Gasteiger partial charge in [0.2, 0.25) is 0 Å². The molecule has 1 aromatic heterocycles. The molecule has 1 atom stereocenters. The maximum atomic E-state index is 4.41. The van der Waals surface area contributed by atoms with Crippen molar-refractivity contribution in [2.45, 2.75) is 40.3 Å². The van der Waals surface area contributed by atoms with E-state index in [1.807, 2.05) is 52.0 Å². The van der Waals surface area contributed by atoms with Crippen LogP contribution in [0.5, 0.6) is 0 Å². The molecule has 1 unspecified atom stereocenters. The first-order valence-electron chi connectivity index (χ1n) is 10.1. The third kappa shape index (κ3) is 5.46. The predicted octanol–water partition coefficient (Wildman–Crippen LogP) is 5.72. The quantitative estimate of drug-likeness (QED) is 0.543. The zero-order valence-corrected chi connectivity index (χ0v) is 17.2. The Kier molecular flexibility index (Phi) is 8.79. The largest absolute Gasteiger partial charge is 0.370 e. The van der Waals surface area contributed by atoms with Crippen LogP contribution in [0, 0.1) is 0 Å². The second-order valence-corrected chi connectivity index (χ2v) is 5.77. The van der Waals surface area contributed by atoms with Crippen molar-refractivity contribution in [3.05, 3.63) is 78.1 Å². The fourth-order valence-electron chi connectivity index (χ4n) is 2.88. The Morgan fingerprint density at radius 1 is 0.893 bits per heavy atom. The molecule has 0 saturated carbocycles. The monoisotopic (exact) mass is 377 g/mol. The normalized spacial score (nSPS) is 13.9. The number of hydrogen-bond donors (Lipinski definition) is 3. The molecule has 2 heterocycles. The molecule has 0 aliphatic carbocycles. The fourth-order valence-corrected chi connectivity index (χ4v) is 2.88. The minimum Gasteiger partial charge on any atom is -0.370 e. The summed E-state index contributed by atoms with van der Waals surface area (Å²) in [7, 11) is 0. The molecule has 1 aliphatic heterocycles. The highest BCUT2D eigenvalue weighted by atomic mass is 15.2. The number of rotatable bonds is 4. The maximum absolute atomic E-state index is 4.41. The maximum Gasteiger partial charge on any atom is 0.155 e. The molecule has 3 aromatic rings. The van der Waals surface area contributed by atoms with Gasteiger partial charge in [0.15, 0.2) is 11.6 Å². The summed E-state index contributed by atoms with van der Waals surface area (Å²) < 4.78 is 0. The third-order valence-electron chi connectivity index (χ3n) is 4.14. The van der Waals surface area contributed by atoms with Gasteiger partial charge in [-0.05, 0) is 11.1 Å². The molecule has 5 nitrogen and oxygen atoms in total. The molecule has 148 valence electrons. The molecule has 1 aliphatic rings. The molecule has 0 fully saturated rings. The SMILES string of the molecule is CC.CC.c1ccc(CNc2ncnc3c2NC(c2ccccc2)CN3)cc1. The van der Waals surface area contributed by atoms with E-state index in [-0.39, 0.29) is 6.04 Å². The predicted molar refractivity (Wildman–Crippen MR) is 120 cm³/mol. The van der Waals surface area contributed by atoms with Gasteiger partial charge in [0.05, 0.1) is 6.04 Å². The van der Waals surface area contributed by atoms with Crippen LogP contribution in [0.2, 0.25) is 0 Å². The van der Waals surface area contributed by atoms with Crippen molar-refractivity contribution in [3.8, 4) is 0 Å². The van der Waals surface area contributed by atoms with Crippen molar-refractivity contribution in [2.24, 2.45) is 0 Å². The van der Waals surface area contributed by atoms with Crippen LogP contribution >= 0.6 is 0 Å². The number of fused-ring (bicyclic) bond motifs is 1.